The average Bonchev–Trinajstić information content (AvgIpc) is 3.34. The Morgan fingerprint density at radius 2 is 1.74 bits per heavy atom. The van der Waals surface area contributed by atoms with Crippen molar-refractivity contribution < 1.29 is 31.9 Å². The van der Waals surface area contributed by atoms with Gasteiger partial charge in [-0.2, -0.15) is 0 Å². The number of sulfone groups is 1. The van der Waals surface area contributed by atoms with Crippen molar-refractivity contribution in [2.75, 3.05) is 12.5 Å². The van der Waals surface area contributed by atoms with E-state index in [9.17, 15) is 18.0 Å². The Bertz CT molecular complexity index is 1240. The Hall–Kier alpha value is -3.59. The van der Waals surface area contributed by atoms with Gasteiger partial charge < -0.3 is 19.2 Å². The van der Waals surface area contributed by atoms with E-state index >= 15 is 0 Å². The molecule has 0 radical (unpaired) electrons. The first kappa shape index (κ1) is 26.0. The van der Waals surface area contributed by atoms with Crippen LogP contribution in [-0.4, -0.2) is 38.6 Å². The van der Waals surface area contributed by atoms with Crippen LogP contribution in [0.4, 0.5) is 4.79 Å². The van der Waals surface area contributed by atoms with Crippen LogP contribution in [0.2, 0.25) is 0 Å². The lowest BCUT2D eigenvalue weighted by molar-refractivity contribution is 0.0524. The Morgan fingerprint density at radius 3 is 2.40 bits per heavy atom. The number of ether oxygens (including phenoxy) is 2. The molecule has 3 aromatic rings. The molecule has 0 spiro atoms. The van der Waals surface area contributed by atoms with E-state index < -0.39 is 33.4 Å². The molecule has 0 saturated heterocycles. The van der Waals surface area contributed by atoms with Crippen LogP contribution >= 0.6 is 0 Å². The molecule has 0 aliphatic rings. The van der Waals surface area contributed by atoms with Crippen molar-refractivity contribution in [2.45, 2.75) is 44.1 Å². The van der Waals surface area contributed by atoms with E-state index in [1.807, 2.05) is 6.07 Å². The number of alkyl carbamates (subject to hydrolysis) is 1. The van der Waals surface area contributed by atoms with E-state index in [1.165, 1.54) is 18.4 Å². The SMILES string of the molecule is CC(C)(C)OC(=O)NCCCc1c(C(=O)OCS(=O)(=O)c2ccccc2)cccc1-c1ccoc1. The van der Waals surface area contributed by atoms with Crippen LogP contribution in [0.1, 0.15) is 43.1 Å². The lowest BCUT2D eigenvalue weighted by Crippen LogP contribution is -2.33. The van der Waals surface area contributed by atoms with E-state index in [2.05, 4.69) is 5.32 Å². The Kier molecular flexibility index (Phi) is 8.34. The van der Waals surface area contributed by atoms with E-state index in [0.29, 0.717) is 24.9 Å². The van der Waals surface area contributed by atoms with Gasteiger partial charge in [0.15, 0.2) is 5.94 Å². The molecule has 0 aliphatic carbocycles. The summed E-state index contributed by atoms with van der Waals surface area (Å²) < 4.78 is 40.7. The quantitative estimate of drug-likeness (QED) is 0.326. The van der Waals surface area contributed by atoms with Gasteiger partial charge in [-0.3, -0.25) is 0 Å². The summed E-state index contributed by atoms with van der Waals surface area (Å²) in [4.78, 5) is 25.0. The molecule has 3 rings (SSSR count). The second-order valence-electron chi connectivity index (χ2n) is 8.85. The lowest BCUT2D eigenvalue weighted by Gasteiger charge is -2.19. The van der Waals surface area contributed by atoms with Crippen LogP contribution in [0.3, 0.4) is 0 Å². The maximum atomic E-state index is 13.0. The number of hydrogen-bond donors (Lipinski definition) is 1. The summed E-state index contributed by atoms with van der Waals surface area (Å²) in [6.07, 6.45) is 3.50. The van der Waals surface area contributed by atoms with E-state index in [-0.39, 0.29) is 10.5 Å². The van der Waals surface area contributed by atoms with Crippen LogP contribution < -0.4 is 5.32 Å². The molecule has 1 heterocycles. The largest absolute Gasteiger partial charge is 0.472 e. The standard InChI is InChI=1S/C26H29NO7S/c1-26(2,3)34-25(29)27-15-8-13-22-21(19-14-16-32-17-19)11-7-12-23(22)24(28)33-18-35(30,31)20-9-5-4-6-10-20/h4-7,9-12,14,16-17H,8,13,15,18H2,1-3H3,(H,27,29). The fraction of sp³-hybridized carbons (Fsp3) is 0.308. The molecule has 0 unspecified atom stereocenters. The molecule has 1 amide bonds. The third-order valence-electron chi connectivity index (χ3n) is 4.95. The monoisotopic (exact) mass is 499 g/mol. The summed E-state index contributed by atoms with van der Waals surface area (Å²) in [6.45, 7) is 5.67. The van der Waals surface area contributed by atoms with Crippen molar-refractivity contribution in [2.24, 2.45) is 0 Å². The highest BCUT2D eigenvalue weighted by Crippen LogP contribution is 2.29. The number of nitrogens with one attached hydrogen (secondary N) is 1. The van der Waals surface area contributed by atoms with Crippen LogP contribution in [0.5, 0.6) is 0 Å². The molecule has 0 aliphatic heterocycles. The van der Waals surface area contributed by atoms with E-state index in [1.54, 1.807) is 63.4 Å². The fourth-order valence-electron chi connectivity index (χ4n) is 3.41. The minimum absolute atomic E-state index is 0.0772. The molecule has 35 heavy (non-hydrogen) atoms. The third kappa shape index (κ3) is 7.45. The average molecular weight is 500 g/mol. The fourth-order valence-corrected chi connectivity index (χ4v) is 4.38. The molecule has 9 heteroatoms. The third-order valence-corrected chi connectivity index (χ3v) is 6.37. The van der Waals surface area contributed by atoms with Gasteiger partial charge in [-0.25, -0.2) is 18.0 Å². The maximum Gasteiger partial charge on any atom is 0.407 e. The Morgan fingerprint density at radius 1 is 1.00 bits per heavy atom. The number of rotatable bonds is 9. The van der Waals surface area contributed by atoms with Gasteiger partial charge in [-0.05, 0) is 69.0 Å². The Balaban J connectivity index is 1.75. The highest BCUT2D eigenvalue weighted by molar-refractivity contribution is 7.91. The minimum atomic E-state index is -3.79. The summed E-state index contributed by atoms with van der Waals surface area (Å²) in [5.41, 5.74) is 1.85. The first-order chi connectivity index (χ1) is 16.6. The van der Waals surface area contributed by atoms with Gasteiger partial charge in [0, 0.05) is 12.1 Å². The lowest BCUT2D eigenvalue weighted by atomic mass is 9.93. The van der Waals surface area contributed by atoms with Crippen molar-refractivity contribution in [3.63, 3.8) is 0 Å². The molecule has 0 bridgehead atoms. The molecule has 2 aromatic carbocycles. The van der Waals surface area contributed by atoms with Gasteiger partial charge in [0.2, 0.25) is 9.84 Å². The zero-order valence-corrected chi connectivity index (χ0v) is 20.8. The maximum absolute atomic E-state index is 13.0. The van der Waals surface area contributed by atoms with Crippen molar-refractivity contribution in [1.29, 1.82) is 0 Å². The van der Waals surface area contributed by atoms with Gasteiger partial charge in [0.1, 0.15) is 5.60 Å². The van der Waals surface area contributed by atoms with Gasteiger partial charge in [0.05, 0.1) is 23.0 Å². The summed E-state index contributed by atoms with van der Waals surface area (Å²) in [5, 5.41) is 2.70. The molecule has 0 saturated carbocycles. The summed E-state index contributed by atoms with van der Waals surface area (Å²) in [7, 11) is -3.79. The molecule has 1 aromatic heterocycles. The number of hydrogen-bond acceptors (Lipinski definition) is 7. The molecular weight excluding hydrogens is 470 g/mol. The first-order valence-corrected chi connectivity index (χ1v) is 12.8. The summed E-state index contributed by atoms with van der Waals surface area (Å²) in [6, 6.07) is 14.7. The Labute approximate surface area is 205 Å². The number of carbonyl (C=O) groups is 2. The van der Waals surface area contributed by atoms with Crippen molar-refractivity contribution in [3.05, 3.63) is 78.3 Å². The molecule has 186 valence electrons. The molecule has 0 fully saturated rings. The second kappa shape index (κ2) is 11.2. The van der Waals surface area contributed by atoms with Crippen LogP contribution in [0.15, 0.2) is 76.4 Å². The normalized spacial score (nSPS) is 11.6. The first-order valence-electron chi connectivity index (χ1n) is 11.1. The van der Waals surface area contributed by atoms with Crippen LogP contribution in [0.25, 0.3) is 11.1 Å². The van der Waals surface area contributed by atoms with E-state index in [0.717, 1.165) is 11.1 Å². The number of furan rings is 1. The van der Waals surface area contributed by atoms with Gasteiger partial charge in [0.25, 0.3) is 0 Å². The molecule has 1 N–H and O–H groups in total. The van der Waals surface area contributed by atoms with Crippen molar-refractivity contribution in [3.8, 4) is 11.1 Å². The summed E-state index contributed by atoms with van der Waals surface area (Å²) >= 11 is 0. The van der Waals surface area contributed by atoms with Crippen LogP contribution in [-0.2, 0) is 25.7 Å². The zero-order chi connectivity index (χ0) is 25.5. The number of benzene rings is 2. The highest BCUT2D eigenvalue weighted by atomic mass is 32.2. The van der Waals surface area contributed by atoms with Crippen LogP contribution in [0, 0.1) is 0 Å². The summed E-state index contributed by atoms with van der Waals surface area (Å²) in [5.74, 6) is -1.52. The number of amides is 1. The van der Waals surface area contributed by atoms with E-state index in [4.69, 9.17) is 13.9 Å². The second-order valence-corrected chi connectivity index (χ2v) is 10.8. The van der Waals surface area contributed by atoms with Crippen molar-refractivity contribution >= 4 is 21.9 Å². The smallest absolute Gasteiger partial charge is 0.407 e. The molecule has 8 nitrogen and oxygen atoms in total. The van der Waals surface area contributed by atoms with Gasteiger partial charge in [-0.15, -0.1) is 0 Å². The number of carbonyl (C=O) groups excluding carboxylic acids is 2. The predicted molar refractivity (Wildman–Crippen MR) is 131 cm³/mol. The molecular formula is C26H29NO7S. The number of esters is 1. The minimum Gasteiger partial charge on any atom is -0.472 e. The highest BCUT2D eigenvalue weighted by Gasteiger charge is 2.22. The molecule has 0 atom stereocenters. The predicted octanol–water partition coefficient (Wildman–Crippen LogP) is 4.99. The van der Waals surface area contributed by atoms with Gasteiger partial charge >= 0.3 is 12.1 Å². The topological polar surface area (TPSA) is 112 Å². The van der Waals surface area contributed by atoms with Crippen molar-refractivity contribution in [1.82, 2.24) is 5.32 Å². The zero-order valence-electron chi connectivity index (χ0n) is 19.9. The van der Waals surface area contributed by atoms with Gasteiger partial charge in [-0.1, -0.05) is 30.3 Å².